The summed E-state index contributed by atoms with van der Waals surface area (Å²) in [5, 5.41) is 0. The Labute approximate surface area is 58.1 Å². The molecule has 0 amide bonds. The number of esters is 2. The van der Waals surface area contributed by atoms with Gasteiger partial charge in [0.15, 0.2) is 0 Å². The predicted octanol–water partition coefficient (Wildman–Crippen LogP) is 0.438. The topological polar surface area (TPSA) is 43.4 Å². The van der Waals surface area contributed by atoms with Gasteiger partial charge in [-0.15, -0.1) is 12.4 Å². The maximum atomic E-state index is 10.3. The van der Waals surface area contributed by atoms with Crippen LogP contribution in [0.25, 0.3) is 0 Å². The Bertz CT molecular complexity index is 183. The van der Waals surface area contributed by atoms with E-state index in [9.17, 15) is 9.59 Å². The van der Waals surface area contributed by atoms with Crippen LogP contribution in [0, 0.1) is 0 Å². The molecular formula is C5H5ClO3. The molecule has 1 heterocycles. The Morgan fingerprint density at radius 1 is 1.44 bits per heavy atom. The van der Waals surface area contributed by atoms with Gasteiger partial charge in [-0.1, -0.05) is 0 Å². The van der Waals surface area contributed by atoms with E-state index in [-0.39, 0.29) is 12.4 Å². The first kappa shape index (κ1) is 8.17. The van der Waals surface area contributed by atoms with E-state index >= 15 is 0 Å². The van der Waals surface area contributed by atoms with Crippen molar-refractivity contribution >= 4 is 24.3 Å². The van der Waals surface area contributed by atoms with Gasteiger partial charge in [0, 0.05) is 11.6 Å². The summed E-state index contributed by atoms with van der Waals surface area (Å²) < 4.78 is 4.10. The van der Waals surface area contributed by atoms with Crippen molar-refractivity contribution < 1.29 is 14.3 Å². The van der Waals surface area contributed by atoms with Crippen LogP contribution in [0.4, 0.5) is 0 Å². The van der Waals surface area contributed by atoms with Crippen LogP contribution in [0.2, 0.25) is 0 Å². The largest absolute Gasteiger partial charge is 0.386 e. The Hall–Kier alpha value is -0.830. The number of carbonyl (C=O) groups is 2. The summed E-state index contributed by atoms with van der Waals surface area (Å²) in [7, 11) is 0. The molecule has 0 fully saturated rings. The molecule has 0 aromatic rings. The van der Waals surface area contributed by atoms with Gasteiger partial charge in [-0.3, -0.25) is 0 Å². The summed E-state index contributed by atoms with van der Waals surface area (Å²) in [5.41, 5.74) is 0.370. The molecule has 0 radical (unpaired) electrons. The zero-order chi connectivity index (χ0) is 6.15. The summed E-state index contributed by atoms with van der Waals surface area (Å²) in [5.74, 6) is -1.09. The number of rotatable bonds is 0. The lowest BCUT2D eigenvalue weighted by atomic mass is 10.3. The molecule has 0 aliphatic carbocycles. The molecule has 0 aromatic heterocycles. The van der Waals surface area contributed by atoms with Crippen LogP contribution in [-0.4, -0.2) is 11.9 Å². The molecule has 1 aliphatic heterocycles. The van der Waals surface area contributed by atoms with Crippen LogP contribution in [0.1, 0.15) is 6.92 Å². The first-order valence-corrected chi connectivity index (χ1v) is 2.14. The highest BCUT2D eigenvalue weighted by Gasteiger charge is 2.18. The van der Waals surface area contributed by atoms with Crippen LogP contribution in [0.5, 0.6) is 0 Å². The van der Waals surface area contributed by atoms with Crippen molar-refractivity contribution in [2.45, 2.75) is 6.92 Å². The molecule has 1 rings (SSSR count). The van der Waals surface area contributed by atoms with E-state index in [2.05, 4.69) is 4.74 Å². The fraction of sp³-hybridized carbons (Fsp3) is 0.200. The molecule has 3 nitrogen and oxygen atoms in total. The van der Waals surface area contributed by atoms with Gasteiger partial charge in [0.1, 0.15) is 0 Å². The number of halogens is 1. The third-order valence-corrected chi connectivity index (χ3v) is 0.850. The average molecular weight is 149 g/mol. The summed E-state index contributed by atoms with van der Waals surface area (Å²) in [4.78, 5) is 20.4. The van der Waals surface area contributed by atoms with Crippen LogP contribution in [0.15, 0.2) is 11.6 Å². The molecule has 1 aliphatic rings. The second kappa shape index (κ2) is 2.64. The summed E-state index contributed by atoms with van der Waals surface area (Å²) in [6.07, 6.45) is 1.17. The summed E-state index contributed by atoms with van der Waals surface area (Å²) in [6, 6.07) is 0. The highest BCUT2D eigenvalue weighted by Crippen LogP contribution is 2.04. The number of hydrogen-bond acceptors (Lipinski definition) is 3. The molecule has 0 spiro atoms. The van der Waals surface area contributed by atoms with Crippen LogP contribution in [-0.2, 0) is 14.3 Å². The molecule has 9 heavy (non-hydrogen) atoms. The molecule has 0 saturated heterocycles. The normalized spacial score (nSPS) is 16.3. The van der Waals surface area contributed by atoms with Crippen molar-refractivity contribution in [3.63, 3.8) is 0 Å². The standard InChI is InChI=1S/C5H4O3.ClH/c1-3-2-4(6)8-5(3)7;/h2H,1H3;1H. The first-order chi connectivity index (χ1) is 3.70. The quantitative estimate of drug-likeness (QED) is 0.370. The zero-order valence-corrected chi connectivity index (χ0v) is 5.53. The molecule has 0 N–H and O–H groups in total. The minimum Gasteiger partial charge on any atom is -0.386 e. The van der Waals surface area contributed by atoms with Gasteiger partial charge in [0.05, 0.1) is 0 Å². The van der Waals surface area contributed by atoms with Crippen LogP contribution < -0.4 is 0 Å². The van der Waals surface area contributed by atoms with Gasteiger partial charge in [-0.25, -0.2) is 9.59 Å². The number of hydrogen-bond donors (Lipinski definition) is 0. The predicted molar refractivity (Wildman–Crippen MR) is 32.1 cm³/mol. The van der Waals surface area contributed by atoms with Gasteiger partial charge in [0.2, 0.25) is 0 Å². The van der Waals surface area contributed by atoms with E-state index in [1.807, 2.05) is 0 Å². The number of carbonyl (C=O) groups excluding carboxylic acids is 2. The molecule has 0 saturated carbocycles. The average Bonchev–Trinajstić information content (AvgIpc) is 1.85. The molecular weight excluding hydrogens is 144 g/mol. The van der Waals surface area contributed by atoms with Gasteiger partial charge < -0.3 is 4.74 Å². The lowest BCUT2D eigenvalue weighted by Gasteiger charge is -1.83. The maximum Gasteiger partial charge on any atom is 0.341 e. The summed E-state index contributed by atoms with van der Waals surface area (Å²) in [6.45, 7) is 1.53. The molecule has 4 heteroatoms. The highest BCUT2D eigenvalue weighted by molar-refractivity contribution is 6.08. The Morgan fingerprint density at radius 2 is 2.00 bits per heavy atom. The van der Waals surface area contributed by atoms with Crippen molar-refractivity contribution in [1.29, 1.82) is 0 Å². The van der Waals surface area contributed by atoms with Gasteiger partial charge in [-0.05, 0) is 6.92 Å². The smallest absolute Gasteiger partial charge is 0.341 e. The minimum atomic E-state index is -0.562. The van der Waals surface area contributed by atoms with Crippen LogP contribution in [0.3, 0.4) is 0 Å². The number of ether oxygens (including phenoxy) is 1. The van der Waals surface area contributed by atoms with Crippen molar-refractivity contribution in [1.82, 2.24) is 0 Å². The molecule has 50 valence electrons. The van der Waals surface area contributed by atoms with Gasteiger partial charge in [-0.2, -0.15) is 0 Å². The van der Waals surface area contributed by atoms with Gasteiger partial charge in [0.25, 0.3) is 0 Å². The Morgan fingerprint density at radius 3 is 2.11 bits per heavy atom. The first-order valence-electron chi connectivity index (χ1n) is 2.14. The fourth-order valence-electron chi connectivity index (χ4n) is 0.437. The fourth-order valence-corrected chi connectivity index (χ4v) is 0.437. The van der Waals surface area contributed by atoms with Gasteiger partial charge >= 0.3 is 11.9 Å². The molecule has 0 aromatic carbocycles. The molecule has 0 bridgehead atoms. The van der Waals surface area contributed by atoms with E-state index in [1.54, 1.807) is 0 Å². The van der Waals surface area contributed by atoms with Crippen molar-refractivity contribution in [3.8, 4) is 0 Å². The third-order valence-electron chi connectivity index (χ3n) is 0.850. The van der Waals surface area contributed by atoms with Crippen molar-refractivity contribution in [3.05, 3.63) is 11.6 Å². The molecule has 0 unspecified atom stereocenters. The second-order valence-electron chi connectivity index (χ2n) is 1.54. The zero-order valence-electron chi connectivity index (χ0n) is 4.71. The SMILES string of the molecule is CC1=CC(=O)OC1=O.Cl. The Balaban J connectivity index is 0.000000640. The third kappa shape index (κ3) is 1.54. The van der Waals surface area contributed by atoms with E-state index in [0.717, 1.165) is 0 Å². The highest BCUT2D eigenvalue weighted by atomic mass is 35.5. The van der Waals surface area contributed by atoms with E-state index in [4.69, 9.17) is 0 Å². The minimum absolute atomic E-state index is 0. The van der Waals surface area contributed by atoms with E-state index in [0.29, 0.717) is 5.57 Å². The summed E-state index contributed by atoms with van der Waals surface area (Å²) >= 11 is 0. The van der Waals surface area contributed by atoms with Crippen LogP contribution >= 0.6 is 12.4 Å². The van der Waals surface area contributed by atoms with Crippen molar-refractivity contribution in [2.24, 2.45) is 0 Å². The lowest BCUT2D eigenvalue weighted by Crippen LogP contribution is -1.99. The Kier molecular flexibility index (Phi) is 2.40. The lowest BCUT2D eigenvalue weighted by molar-refractivity contribution is -0.150. The molecule has 0 atom stereocenters. The van der Waals surface area contributed by atoms with Crippen molar-refractivity contribution in [2.75, 3.05) is 0 Å². The maximum absolute atomic E-state index is 10.3. The number of cyclic esters (lactones) is 2. The van der Waals surface area contributed by atoms with E-state index < -0.39 is 11.9 Å². The van der Waals surface area contributed by atoms with E-state index in [1.165, 1.54) is 13.0 Å². The second-order valence-corrected chi connectivity index (χ2v) is 1.54. The monoisotopic (exact) mass is 148 g/mol.